The number of aromatic nitrogens is 1. The van der Waals surface area contributed by atoms with Gasteiger partial charge in [0.15, 0.2) is 6.61 Å². The Kier molecular flexibility index (Phi) is 6.29. The van der Waals surface area contributed by atoms with Crippen molar-refractivity contribution < 1.29 is 22.7 Å². The van der Waals surface area contributed by atoms with Gasteiger partial charge in [-0.15, -0.1) is 0 Å². The molecule has 0 saturated heterocycles. The van der Waals surface area contributed by atoms with E-state index >= 15 is 0 Å². The molecule has 1 aromatic rings. The van der Waals surface area contributed by atoms with Crippen molar-refractivity contribution in [2.75, 3.05) is 27.2 Å². The Morgan fingerprint density at radius 3 is 2.70 bits per heavy atom. The van der Waals surface area contributed by atoms with Crippen LogP contribution in [0.4, 0.5) is 0 Å². The molecule has 126 valence electrons. The van der Waals surface area contributed by atoms with Crippen LogP contribution in [0.2, 0.25) is 0 Å². The molecule has 0 aliphatic heterocycles. The number of aryl methyl sites for hydroxylation is 1. The van der Waals surface area contributed by atoms with Crippen LogP contribution in [0.5, 0.6) is 0 Å². The van der Waals surface area contributed by atoms with E-state index in [0.717, 1.165) is 6.07 Å². The first kappa shape index (κ1) is 18.7. The number of nitrogens with one attached hydrogen (secondary N) is 1. The van der Waals surface area contributed by atoms with Crippen molar-refractivity contribution in [2.45, 2.75) is 11.3 Å². The summed E-state index contributed by atoms with van der Waals surface area (Å²) >= 11 is 0. The highest BCUT2D eigenvalue weighted by atomic mass is 32.2. The van der Waals surface area contributed by atoms with E-state index in [2.05, 4.69) is 4.72 Å². The third kappa shape index (κ3) is 4.80. The monoisotopic (exact) mass is 342 g/mol. The number of nitriles is 1. The molecule has 0 unspecified atom stereocenters. The Hall–Kier alpha value is -2.38. The van der Waals surface area contributed by atoms with Gasteiger partial charge in [-0.05, 0) is 13.1 Å². The van der Waals surface area contributed by atoms with E-state index in [0.29, 0.717) is 0 Å². The summed E-state index contributed by atoms with van der Waals surface area (Å²) in [6, 6.07) is 3.07. The van der Waals surface area contributed by atoms with Gasteiger partial charge in [-0.2, -0.15) is 5.26 Å². The molecule has 1 N–H and O–H groups in total. The first-order valence-electron chi connectivity index (χ1n) is 6.61. The number of nitrogens with zero attached hydrogens (tertiary/aromatic N) is 3. The zero-order chi connectivity index (χ0) is 17.6. The summed E-state index contributed by atoms with van der Waals surface area (Å²) in [5, 5.41) is 8.45. The van der Waals surface area contributed by atoms with Crippen molar-refractivity contribution in [1.82, 2.24) is 14.2 Å². The highest BCUT2D eigenvalue weighted by molar-refractivity contribution is 7.89. The molecule has 1 amide bonds. The summed E-state index contributed by atoms with van der Waals surface area (Å²) in [5.41, 5.74) is 0.00584. The fraction of sp³-hybridized carbons (Fsp3) is 0.462. The number of rotatable bonds is 7. The lowest BCUT2D eigenvalue weighted by Crippen LogP contribution is -2.32. The van der Waals surface area contributed by atoms with Gasteiger partial charge in [0.1, 0.15) is 10.6 Å². The molecular formula is C13H18N4O5S. The quantitative estimate of drug-likeness (QED) is 0.664. The lowest BCUT2D eigenvalue weighted by molar-refractivity contribution is -0.133. The van der Waals surface area contributed by atoms with Gasteiger partial charge < -0.3 is 14.2 Å². The van der Waals surface area contributed by atoms with E-state index in [4.69, 9.17) is 10.00 Å². The molecule has 1 heterocycles. The molecular weight excluding hydrogens is 324 g/mol. The van der Waals surface area contributed by atoms with Crippen LogP contribution in [0.1, 0.15) is 16.9 Å². The molecule has 0 spiro atoms. The molecule has 0 bridgehead atoms. The first-order valence-corrected chi connectivity index (χ1v) is 8.09. The predicted octanol–water partition coefficient (Wildman–Crippen LogP) is -0.538. The number of ether oxygens (including phenoxy) is 1. The van der Waals surface area contributed by atoms with E-state index in [9.17, 15) is 18.0 Å². The highest BCUT2D eigenvalue weighted by Gasteiger charge is 2.21. The summed E-state index contributed by atoms with van der Waals surface area (Å²) < 4.78 is 31.7. The Balaban J connectivity index is 2.73. The number of amides is 1. The van der Waals surface area contributed by atoms with Gasteiger partial charge >= 0.3 is 5.97 Å². The maximum atomic E-state index is 12.0. The van der Waals surface area contributed by atoms with Crippen LogP contribution in [0, 0.1) is 11.3 Å². The zero-order valence-corrected chi connectivity index (χ0v) is 13.9. The Morgan fingerprint density at radius 2 is 2.13 bits per heavy atom. The molecule has 10 heteroatoms. The Bertz CT molecular complexity index is 732. The molecule has 0 aliphatic carbocycles. The van der Waals surface area contributed by atoms with Crippen LogP contribution in [0.15, 0.2) is 17.2 Å². The maximum absolute atomic E-state index is 12.0. The number of hydrogen-bond donors (Lipinski definition) is 1. The van der Waals surface area contributed by atoms with Gasteiger partial charge in [0.05, 0.1) is 12.5 Å². The zero-order valence-electron chi connectivity index (χ0n) is 13.1. The number of carbonyl (C=O) groups excluding carboxylic acids is 2. The third-order valence-electron chi connectivity index (χ3n) is 3.08. The van der Waals surface area contributed by atoms with Crippen LogP contribution >= 0.6 is 0 Å². The van der Waals surface area contributed by atoms with E-state index in [1.165, 1.54) is 36.8 Å². The lowest BCUT2D eigenvalue weighted by atomic mass is 10.4. The molecule has 0 aromatic carbocycles. The van der Waals surface area contributed by atoms with Gasteiger partial charge in [0.2, 0.25) is 10.0 Å². The fourth-order valence-corrected chi connectivity index (χ4v) is 2.46. The molecule has 0 aliphatic rings. The number of carbonyl (C=O) groups is 2. The lowest BCUT2D eigenvalue weighted by Gasteiger charge is -2.15. The molecule has 9 nitrogen and oxygen atoms in total. The SMILES string of the molecule is CNS(=O)(=O)c1cc(C(=O)OCC(=O)N(C)CCC#N)n(C)c1. The third-order valence-corrected chi connectivity index (χ3v) is 4.46. The minimum Gasteiger partial charge on any atom is -0.451 e. The summed E-state index contributed by atoms with van der Waals surface area (Å²) in [7, 11) is 0.573. The van der Waals surface area contributed by atoms with E-state index in [1.54, 1.807) is 0 Å². The standard InChI is InChI=1S/C13H18N4O5S/c1-15-23(20,21)10-7-11(17(3)8-10)13(19)22-9-12(18)16(2)6-4-5-14/h7-8,15H,4,6,9H2,1-3H3. The number of sulfonamides is 1. The first-order chi connectivity index (χ1) is 10.7. The second kappa shape index (κ2) is 7.75. The van der Waals surface area contributed by atoms with E-state index < -0.39 is 28.5 Å². The topological polar surface area (TPSA) is 122 Å². The van der Waals surface area contributed by atoms with Crippen LogP contribution < -0.4 is 4.72 Å². The van der Waals surface area contributed by atoms with Crippen LogP contribution in [-0.2, 0) is 26.6 Å². The van der Waals surface area contributed by atoms with Crippen molar-refractivity contribution >= 4 is 21.9 Å². The Morgan fingerprint density at radius 1 is 1.48 bits per heavy atom. The van der Waals surface area contributed by atoms with E-state index in [-0.39, 0.29) is 23.6 Å². The van der Waals surface area contributed by atoms with Crippen molar-refractivity contribution in [3.63, 3.8) is 0 Å². The molecule has 1 rings (SSSR count). The van der Waals surface area contributed by atoms with Gasteiger partial charge in [0, 0.05) is 26.8 Å². The van der Waals surface area contributed by atoms with Crippen molar-refractivity contribution in [3.05, 3.63) is 18.0 Å². The molecule has 1 aromatic heterocycles. The molecule has 0 radical (unpaired) electrons. The molecule has 0 atom stereocenters. The number of esters is 1. The summed E-state index contributed by atoms with van der Waals surface area (Å²) in [6.45, 7) is -0.248. The summed E-state index contributed by atoms with van der Waals surface area (Å²) in [5.74, 6) is -1.27. The average molecular weight is 342 g/mol. The van der Waals surface area contributed by atoms with Crippen LogP contribution in [0.3, 0.4) is 0 Å². The van der Waals surface area contributed by atoms with Gasteiger partial charge in [-0.25, -0.2) is 17.9 Å². The van der Waals surface area contributed by atoms with Crippen molar-refractivity contribution in [3.8, 4) is 6.07 Å². The fourth-order valence-electron chi connectivity index (χ4n) is 1.66. The minimum atomic E-state index is -3.67. The van der Waals surface area contributed by atoms with Gasteiger partial charge in [-0.1, -0.05) is 0 Å². The normalized spacial score (nSPS) is 10.9. The summed E-state index contributed by atoms with van der Waals surface area (Å²) in [6.07, 6.45) is 1.45. The minimum absolute atomic E-state index is 0.00584. The number of likely N-dealkylation sites (N-methyl/N-ethyl adjacent to an activating group) is 1. The number of hydrogen-bond acceptors (Lipinski definition) is 6. The van der Waals surface area contributed by atoms with Crippen molar-refractivity contribution in [1.29, 1.82) is 5.26 Å². The van der Waals surface area contributed by atoms with Gasteiger partial charge in [-0.3, -0.25) is 4.79 Å². The second-order valence-corrected chi connectivity index (χ2v) is 6.57. The second-order valence-electron chi connectivity index (χ2n) is 4.68. The highest BCUT2D eigenvalue weighted by Crippen LogP contribution is 2.14. The average Bonchev–Trinajstić information content (AvgIpc) is 2.92. The van der Waals surface area contributed by atoms with Crippen LogP contribution in [0.25, 0.3) is 0 Å². The van der Waals surface area contributed by atoms with Crippen LogP contribution in [-0.4, -0.2) is 57.0 Å². The maximum Gasteiger partial charge on any atom is 0.355 e. The smallest absolute Gasteiger partial charge is 0.355 e. The Labute approximate surface area is 134 Å². The summed E-state index contributed by atoms with van der Waals surface area (Å²) in [4.78, 5) is 24.9. The van der Waals surface area contributed by atoms with E-state index in [1.807, 2.05) is 6.07 Å². The molecule has 0 fully saturated rings. The van der Waals surface area contributed by atoms with Gasteiger partial charge in [0.25, 0.3) is 5.91 Å². The molecule has 23 heavy (non-hydrogen) atoms. The largest absolute Gasteiger partial charge is 0.451 e. The molecule has 0 saturated carbocycles. The predicted molar refractivity (Wildman–Crippen MR) is 79.8 cm³/mol. The van der Waals surface area contributed by atoms with Crippen molar-refractivity contribution in [2.24, 2.45) is 7.05 Å².